The van der Waals surface area contributed by atoms with E-state index in [1.165, 1.54) is 81.3 Å². The van der Waals surface area contributed by atoms with Gasteiger partial charge in [0, 0.05) is 0 Å². The van der Waals surface area contributed by atoms with Crippen molar-refractivity contribution in [3.05, 3.63) is 172 Å². The third kappa shape index (κ3) is 18.4. The van der Waals surface area contributed by atoms with Crippen LogP contribution in [-0.4, -0.2) is 10.7 Å². The van der Waals surface area contributed by atoms with E-state index in [0.29, 0.717) is 0 Å². The van der Waals surface area contributed by atoms with E-state index < -0.39 is 0 Å². The van der Waals surface area contributed by atoms with Crippen LogP contribution in [0, 0.1) is 27.7 Å². The Bertz CT molecular complexity index is 1600. The number of rotatable bonds is 17. The van der Waals surface area contributed by atoms with Crippen LogP contribution in [0.5, 0.6) is 0 Å². The fraction of sp³-hybridized carbons (Fsp3) is 0.400. The molecule has 2 nitrogen and oxygen atoms in total. The quantitative estimate of drug-likeness (QED) is 0.0255. The van der Waals surface area contributed by atoms with Crippen LogP contribution in [-0.2, 0) is 46.1 Å². The van der Waals surface area contributed by atoms with Crippen LogP contribution in [0.4, 0.5) is 0 Å². The van der Waals surface area contributed by atoms with E-state index >= 15 is 0 Å². The van der Waals surface area contributed by atoms with Gasteiger partial charge in [-0.25, -0.2) is 0 Å². The Labute approximate surface area is 338 Å². The van der Waals surface area contributed by atoms with Crippen molar-refractivity contribution < 1.29 is 25.2 Å². The first-order chi connectivity index (χ1) is 25.3. The van der Waals surface area contributed by atoms with Gasteiger partial charge in [0.1, 0.15) is 0 Å². The van der Waals surface area contributed by atoms with Gasteiger partial charge in [0.15, 0.2) is 0 Å². The number of hydrogen-bond donors (Lipinski definition) is 0. The number of unbranched alkanes of at least 4 members (excludes halogenated alkanes) is 4. The molecule has 0 radical (unpaired) electrons. The predicted octanol–water partition coefficient (Wildman–Crippen LogP) is 14.1. The molecule has 0 spiro atoms. The van der Waals surface area contributed by atoms with Crippen LogP contribution in [0.3, 0.4) is 0 Å². The fourth-order valence-corrected chi connectivity index (χ4v) is 6.35. The number of allylic oxidation sites excluding steroid dienone is 2. The zero-order valence-electron chi connectivity index (χ0n) is 33.8. The molecule has 0 aliphatic heterocycles. The molecule has 4 rings (SSSR count). The fourth-order valence-electron chi connectivity index (χ4n) is 6.35. The molecule has 4 aromatic rings. The first kappa shape index (κ1) is 47.5. The second kappa shape index (κ2) is 28.9. The molecule has 0 aliphatic carbocycles. The van der Waals surface area contributed by atoms with E-state index in [0.717, 1.165) is 69.8 Å². The molecule has 0 unspecified atom stereocenters. The van der Waals surface area contributed by atoms with Crippen molar-refractivity contribution in [2.75, 3.05) is 0 Å². The van der Waals surface area contributed by atoms with Gasteiger partial charge in [-0.3, -0.25) is 0 Å². The van der Waals surface area contributed by atoms with Gasteiger partial charge in [-0.1, -0.05) is 173 Å². The molecule has 286 valence electrons. The second-order valence-corrected chi connectivity index (χ2v) is 13.8. The summed E-state index contributed by atoms with van der Waals surface area (Å²) in [5.41, 5.74) is 23.8. The molecule has 0 atom stereocenters. The van der Waals surface area contributed by atoms with Crippen LogP contribution in [0.1, 0.15) is 136 Å². The Morgan fingerprint density at radius 2 is 1.00 bits per heavy atom. The van der Waals surface area contributed by atoms with Crippen LogP contribution in [0.15, 0.2) is 108 Å². The van der Waals surface area contributed by atoms with E-state index in [-0.39, 0.29) is 20.4 Å². The molecule has 0 N–H and O–H groups in total. The summed E-state index contributed by atoms with van der Waals surface area (Å²) in [4.78, 5) is 3.42. The van der Waals surface area contributed by atoms with Crippen molar-refractivity contribution in [2.45, 2.75) is 131 Å². The summed E-state index contributed by atoms with van der Waals surface area (Å²) in [6.07, 6.45) is 15.1. The van der Waals surface area contributed by atoms with E-state index in [1.807, 2.05) is 36.4 Å². The summed E-state index contributed by atoms with van der Waals surface area (Å²) >= 11 is 0. The number of nitrogens with zero attached hydrogens (tertiary/aromatic N) is 2. The van der Waals surface area contributed by atoms with Gasteiger partial charge in [0.2, 0.25) is 0 Å². The van der Waals surface area contributed by atoms with Gasteiger partial charge in [0.25, 0.3) is 0 Å². The summed E-state index contributed by atoms with van der Waals surface area (Å²) < 4.78 is 0. The molecule has 0 amide bonds. The van der Waals surface area contributed by atoms with Crippen LogP contribution < -0.4 is 0 Å². The summed E-state index contributed by atoms with van der Waals surface area (Å²) in [6.45, 7) is 20.9. The average Bonchev–Trinajstić information content (AvgIpc) is 3.17. The SMILES string of the molecule is CCCCC(=C=[N+]=[N-])C(CCCC)=C(c1cc(C)cc(C)c1)c1cc(CCCC)cc(CCCC)c1.[CH2-]Cc1ccccc1.[CH2-]Cc1ccccc1.[Pd+2]. The number of benzene rings is 4. The monoisotopic (exact) mass is 800 g/mol. The van der Waals surface area contributed by atoms with E-state index in [4.69, 9.17) is 0 Å². The molecular formula is C50H66N2Pd. The van der Waals surface area contributed by atoms with Gasteiger partial charge in [-0.15, -0.1) is 4.79 Å². The molecule has 0 heterocycles. The predicted molar refractivity (Wildman–Crippen MR) is 228 cm³/mol. The van der Waals surface area contributed by atoms with Gasteiger partial charge < -0.3 is 19.4 Å². The van der Waals surface area contributed by atoms with Crippen molar-refractivity contribution in [1.82, 2.24) is 0 Å². The molecule has 0 saturated heterocycles. The number of aryl methyl sites for hydroxylation is 4. The minimum Gasteiger partial charge on any atom is -0.348 e. The summed E-state index contributed by atoms with van der Waals surface area (Å²) in [5.74, 6) is 3.01. The Balaban J connectivity index is 0.000000671. The molecule has 0 aliphatic rings. The smallest absolute Gasteiger partial charge is 0.348 e. The Morgan fingerprint density at radius 3 is 1.40 bits per heavy atom. The molecule has 0 bridgehead atoms. The summed E-state index contributed by atoms with van der Waals surface area (Å²) in [7, 11) is 0. The maximum absolute atomic E-state index is 9.57. The third-order valence-electron chi connectivity index (χ3n) is 9.16. The molecule has 53 heavy (non-hydrogen) atoms. The number of hydrogen-bond acceptors (Lipinski definition) is 0. The van der Waals surface area contributed by atoms with Gasteiger partial charge in [-0.2, -0.15) is 12.8 Å². The van der Waals surface area contributed by atoms with Crippen LogP contribution in [0.25, 0.3) is 11.1 Å². The first-order valence-corrected chi connectivity index (χ1v) is 19.9. The van der Waals surface area contributed by atoms with E-state index in [9.17, 15) is 5.53 Å². The van der Waals surface area contributed by atoms with Crippen molar-refractivity contribution in [2.24, 2.45) is 0 Å². The molecule has 4 aromatic carbocycles. The van der Waals surface area contributed by atoms with E-state index in [2.05, 4.69) is 127 Å². The first-order valence-electron chi connectivity index (χ1n) is 19.9. The maximum atomic E-state index is 9.57. The molecule has 0 aromatic heterocycles. The second-order valence-electron chi connectivity index (χ2n) is 13.8. The summed E-state index contributed by atoms with van der Waals surface area (Å²) in [5, 5.41) is 0. The van der Waals surface area contributed by atoms with Crippen molar-refractivity contribution in [3.8, 4) is 0 Å². The molecular weight excluding hydrogens is 735 g/mol. The third-order valence-corrected chi connectivity index (χ3v) is 9.16. The zero-order valence-corrected chi connectivity index (χ0v) is 35.3. The maximum Gasteiger partial charge on any atom is 2.00 e. The van der Waals surface area contributed by atoms with E-state index in [1.54, 1.807) is 0 Å². The summed E-state index contributed by atoms with van der Waals surface area (Å²) in [6, 6.07) is 34.6. The van der Waals surface area contributed by atoms with Gasteiger partial charge in [0.05, 0.1) is 5.57 Å². The van der Waals surface area contributed by atoms with Crippen molar-refractivity contribution >= 4 is 11.4 Å². The van der Waals surface area contributed by atoms with Crippen LogP contribution >= 0.6 is 0 Å². The molecule has 3 heteroatoms. The Morgan fingerprint density at radius 1 is 0.566 bits per heavy atom. The molecule has 0 fully saturated rings. The Hall–Kier alpha value is -3.56. The van der Waals surface area contributed by atoms with Crippen LogP contribution in [0.2, 0.25) is 0 Å². The largest absolute Gasteiger partial charge is 2.00 e. The minimum atomic E-state index is 0. The normalized spacial score (nSPS) is 10.6. The van der Waals surface area contributed by atoms with Gasteiger partial charge in [-0.05, 0) is 98.6 Å². The minimum absolute atomic E-state index is 0. The standard InChI is InChI=1S/C34H48N2.2C8H9.Pd/c1-7-11-15-28-22-29(16-12-8-2)24-32(23-28)34(31-20-26(5)19-27(6)21-31)33(18-14-10-4)30(25-36-35)17-13-9-3;2*1-2-8-6-4-3-5-7-8;/h19-24H,7-18H2,1-6H3;2*3-7H,1-2H2;/q;2*-1;+2. The topological polar surface area (TPSA) is 36.4 Å². The zero-order chi connectivity index (χ0) is 38.0. The van der Waals surface area contributed by atoms with Gasteiger partial charge >= 0.3 is 26.3 Å². The van der Waals surface area contributed by atoms with Crippen molar-refractivity contribution in [3.63, 3.8) is 0 Å². The Kier molecular flexibility index (Phi) is 25.9. The van der Waals surface area contributed by atoms with Crippen molar-refractivity contribution in [1.29, 1.82) is 0 Å². The molecule has 0 saturated carbocycles. The average molecular weight is 802 g/mol.